The number of carbonyl (C=O) groups is 1. The van der Waals surface area contributed by atoms with E-state index in [2.05, 4.69) is 24.1 Å². The molecule has 0 bridgehead atoms. The summed E-state index contributed by atoms with van der Waals surface area (Å²) in [4.78, 5) is 14.5. The minimum absolute atomic E-state index is 0.0705. The molecule has 0 aromatic carbocycles. The molecule has 18 heavy (non-hydrogen) atoms. The van der Waals surface area contributed by atoms with Crippen LogP contribution >= 0.6 is 23.5 Å². The molecular formula is C13H24N2OS2. The van der Waals surface area contributed by atoms with Gasteiger partial charge in [-0.05, 0) is 12.8 Å². The highest BCUT2D eigenvalue weighted by atomic mass is 32.2. The number of hydrogen-bond acceptors (Lipinski definition) is 4. The molecule has 1 N–H and O–H groups in total. The number of nitrogens with one attached hydrogen (secondary N) is 1. The third kappa shape index (κ3) is 3.36. The summed E-state index contributed by atoms with van der Waals surface area (Å²) in [5, 5.41) is 4.12. The number of thioether (sulfide) groups is 2. The topological polar surface area (TPSA) is 32.3 Å². The first-order valence-electron chi connectivity index (χ1n) is 7.02. The molecule has 0 radical (unpaired) electrons. The van der Waals surface area contributed by atoms with Gasteiger partial charge in [0.15, 0.2) is 0 Å². The van der Waals surface area contributed by atoms with E-state index in [1.165, 1.54) is 17.3 Å². The van der Waals surface area contributed by atoms with E-state index in [-0.39, 0.29) is 12.2 Å². The highest BCUT2D eigenvalue weighted by Gasteiger charge is 2.38. The van der Waals surface area contributed by atoms with Crippen molar-refractivity contribution in [3.05, 3.63) is 0 Å². The fraction of sp³-hybridized carbons (Fsp3) is 0.923. The van der Waals surface area contributed by atoms with E-state index in [1.54, 1.807) is 0 Å². The van der Waals surface area contributed by atoms with Gasteiger partial charge in [-0.1, -0.05) is 20.3 Å². The van der Waals surface area contributed by atoms with Crippen molar-refractivity contribution in [1.82, 2.24) is 10.2 Å². The van der Waals surface area contributed by atoms with Crippen molar-refractivity contribution in [2.75, 3.05) is 23.8 Å². The Hall–Kier alpha value is 0.130. The number of hydrogen-bond donors (Lipinski definition) is 1. The van der Waals surface area contributed by atoms with Crippen molar-refractivity contribution >= 4 is 29.4 Å². The largest absolute Gasteiger partial charge is 0.325 e. The first-order chi connectivity index (χ1) is 8.76. The Bertz CT molecular complexity index is 282. The fourth-order valence-corrected chi connectivity index (χ4v) is 5.32. The number of nitrogens with zero attached hydrogens (tertiary/aromatic N) is 1. The van der Waals surface area contributed by atoms with Gasteiger partial charge in [-0.15, -0.1) is 0 Å². The molecule has 104 valence electrons. The van der Waals surface area contributed by atoms with Crippen molar-refractivity contribution in [2.45, 2.75) is 50.6 Å². The molecule has 2 saturated heterocycles. The summed E-state index contributed by atoms with van der Waals surface area (Å²) in [6.45, 7) is 5.24. The van der Waals surface area contributed by atoms with Gasteiger partial charge >= 0.3 is 0 Å². The SMILES string of the molecule is CCCC1NC(CC)N(CC2CSCCS2)C1=O. The summed E-state index contributed by atoms with van der Waals surface area (Å²) in [6, 6.07) is 0.0705. The van der Waals surface area contributed by atoms with Crippen LogP contribution in [0.3, 0.4) is 0 Å². The molecule has 2 aliphatic rings. The summed E-state index contributed by atoms with van der Waals surface area (Å²) in [5.41, 5.74) is 0. The van der Waals surface area contributed by atoms with E-state index in [0.717, 1.165) is 25.8 Å². The molecule has 2 rings (SSSR count). The standard InChI is InChI=1S/C13H24N2OS2/c1-3-5-11-13(16)15(12(4-2)14-11)8-10-9-17-6-7-18-10/h10-12,14H,3-9H2,1-2H3. The minimum Gasteiger partial charge on any atom is -0.325 e. The van der Waals surface area contributed by atoms with Crippen LogP contribution in [0.5, 0.6) is 0 Å². The lowest BCUT2D eigenvalue weighted by Crippen LogP contribution is -2.42. The molecule has 1 amide bonds. The summed E-state index contributed by atoms with van der Waals surface area (Å²) in [6.07, 6.45) is 3.32. The summed E-state index contributed by atoms with van der Waals surface area (Å²) >= 11 is 4.06. The molecule has 3 nitrogen and oxygen atoms in total. The van der Waals surface area contributed by atoms with Gasteiger partial charge in [-0.2, -0.15) is 23.5 Å². The van der Waals surface area contributed by atoms with Crippen LogP contribution in [-0.4, -0.2) is 52.1 Å². The van der Waals surface area contributed by atoms with E-state index in [9.17, 15) is 4.79 Å². The quantitative estimate of drug-likeness (QED) is 0.840. The Morgan fingerprint density at radius 1 is 1.39 bits per heavy atom. The van der Waals surface area contributed by atoms with Crippen molar-refractivity contribution < 1.29 is 4.79 Å². The maximum absolute atomic E-state index is 12.4. The molecule has 3 atom stereocenters. The monoisotopic (exact) mass is 288 g/mol. The van der Waals surface area contributed by atoms with Gasteiger partial charge in [-0.25, -0.2) is 0 Å². The van der Waals surface area contributed by atoms with Crippen molar-refractivity contribution in [3.8, 4) is 0 Å². The average molecular weight is 288 g/mol. The Morgan fingerprint density at radius 3 is 2.83 bits per heavy atom. The van der Waals surface area contributed by atoms with Crippen LogP contribution < -0.4 is 5.32 Å². The van der Waals surface area contributed by atoms with Crippen LogP contribution in [0.2, 0.25) is 0 Å². The molecule has 5 heteroatoms. The second-order valence-electron chi connectivity index (χ2n) is 4.99. The second kappa shape index (κ2) is 7.06. The molecule has 0 spiro atoms. The minimum atomic E-state index is 0.0705. The fourth-order valence-electron chi connectivity index (χ4n) is 2.66. The van der Waals surface area contributed by atoms with E-state index < -0.39 is 0 Å². The lowest BCUT2D eigenvalue weighted by molar-refractivity contribution is -0.130. The number of amides is 1. The molecular weight excluding hydrogens is 264 g/mol. The summed E-state index contributed by atoms with van der Waals surface area (Å²) < 4.78 is 0. The molecule has 0 aliphatic carbocycles. The highest BCUT2D eigenvalue weighted by Crippen LogP contribution is 2.27. The smallest absolute Gasteiger partial charge is 0.241 e. The highest BCUT2D eigenvalue weighted by molar-refractivity contribution is 8.06. The van der Waals surface area contributed by atoms with Gasteiger partial charge in [0.2, 0.25) is 5.91 Å². The lowest BCUT2D eigenvalue weighted by Gasteiger charge is -2.29. The Labute approximate surface area is 119 Å². The predicted molar refractivity (Wildman–Crippen MR) is 81.2 cm³/mol. The van der Waals surface area contributed by atoms with Gasteiger partial charge in [0.25, 0.3) is 0 Å². The molecule has 2 aliphatic heterocycles. The van der Waals surface area contributed by atoms with Gasteiger partial charge < -0.3 is 4.90 Å². The van der Waals surface area contributed by atoms with Gasteiger partial charge in [0.05, 0.1) is 12.2 Å². The third-order valence-corrected chi connectivity index (χ3v) is 6.43. The molecule has 0 saturated carbocycles. The average Bonchev–Trinajstić information content (AvgIpc) is 2.69. The second-order valence-corrected chi connectivity index (χ2v) is 7.55. The van der Waals surface area contributed by atoms with Crippen LogP contribution in [-0.2, 0) is 4.79 Å². The van der Waals surface area contributed by atoms with Crippen LogP contribution in [0.15, 0.2) is 0 Å². The molecule has 2 fully saturated rings. The first-order valence-corrected chi connectivity index (χ1v) is 9.22. The van der Waals surface area contributed by atoms with Gasteiger partial charge in [-0.3, -0.25) is 10.1 Å². The normalized spacial score (nSPS) is 33.1. The first kappa shape index (κ1) is 14.5. The summed E-state index contributed by atoms with van der Waals surface area (Å²) in [7, 11) is 0. The van der Waals surface area contributed by atoms with Crippen LogP contribution in [0.1, 0.15) is 33.1 Å². The summed E-state index contributed by atoms with van der Waals surface area (Å²) in [5.74, 6) is 4.03. The van der Waals surface area contributed by atoms with Crippen molar-refractivity contribution in [3.63, 3.8) is 0 Å². The van der Waals surface area contributed by atoms with E-state index in [1.807, 2.05) is 23.5 Å². The molecule has 0 aromatic heterocycles. The molecule has 2 heterocycles. The Balaban J connectivity index is 1.93. The maximum Gasteiger partial charge on any atom is 0.241 e. The Kier molecular flexibility index (Phi) is 5.70. The maximum atomic E-state index is 12.4. The van der Waals surface area contributed by atoms with Crippen LogP contribution in [0.4, 0.5) is 0 Å². The van der Waals surface area contributed by atoms with E-state index in [0.29, 0.717) is 11.2 Å². The predicted octanol–water partition coefficient (Wildman–Crippen LogP) is 2.17. The zero-order chi connectivity index (χ0) is 13.0. The lowest BCUT2D eigenvalue weighted by atomic mass is 10.2. The Morgan fingerprint density at radius 2 is 2.22 bits per heavy atom. The number of carbonyl (C=O) groups excluding carboxylic acids is 1. The van der Waals surface area contributed by atoms with Crippen LogP contribution in [0.25, 0.3) is 0 Å². The van der Waals surface area contributed by atoms with E-state index >= 15 is 0 Å². The third-order valence-electron chi connectivity index (χ3n) is 3.60. The van der Waals surface area contributed by atoms with Crippen LogP contribution in [0, 0.1) is 0 Å². The van der Waals surface area contributed by atoms with Gasteiger partial charge in [0.1, 0.15) is 0 Å². The molecule has 0 aromatic rings. The van der Waals surface area contributed by atoms with Crippen molar-refractivity contribution in [1.29, 1.82) is 0 Å². The zero-order valence-corrected chi connectivity index (χ0v) is 13.0. The van der Waals surface area contributed by atoms with Gasteiger partial charge in [0, 0.05) is 29.1 Å². The molecule has 3 unspecified atom stereocenters. The number of rotatable bonds is 5. The van der Waals surface area contributed by atoms with Crippen molar-refractivity contribution in [2.24, 2.45) is 0 Å². The zero-order valence-electron chi connectivity index (χ0n) is 11.4. The van der Waals surface area contributed by atoms with E-state index in [4.69, 9.17) is 0 Å².